The zero-order chi connectivity index (χ0) is 26.5. The van der Waals surface area contributed by atoms with Gasteiger partial charge in [-0.3, -0.25) is 4.79 Å². The highest BCUT2D eigenvalue weighted by Crippen LogP contribution is 2.26. The van der Waals surface area contributed by atoms with Crippen molar-refractivity contribution in [2.24, 2.45) is 0 Å². The van der Waals surface area contributed by atoms with Gasteiger partial charge in [-0.2, -0.15) is 5.10 Å². The number of hydrogen-bond donors (Lipinski definition) is 1. The standard InChI is InChI=1S/C28H32FN7O2/c1-3-30-16-20-8-10-21(11-9-20)28(37)35-14-12-34(13-15-35)26-23-17-33-36(27(23)32-19-31-26)18-22-6-5-7-24(25(22)29)38-4-2/h5-11,17,19,30H,3-4,12-16,18H2,1-2H3. The Kier molecular flexibility index (Phi) is 7.78. The van der Waals surface area contributed by atoms with Crippen LogP contribution in [0.4, 0.5) is 10.2 Å². The third-order valence-electron chi connectivity index (χ3n) is 6.72. The molecule has 0 radical (unpaired) electrons. The second kappa shape index (κ2) is 11.6. The van der Waals surface area contributed by atoms with Gasteiger partial charge in [-0.1, -0.05) is 31.2 Å². The van der Waals surface area contributed by atoms with Crippen LogP contribution < -0.4 is 15.0 Å². The van der Waals surface area contributed by atoms with Crippen molar-refractivity contribution in [3.8, 4) is 5.75 Å². The molecule has 1 saturated heterocycles. The van der Waals surface area contributed by atoms with Gasteiger partial charge in [0.1, 0.15) is 12.1 Å². The zero-order valence-electron chi connectivity index (χ0n) is 21.7. The number of nitrogens with one attached hydrogen (secondary N) is 1. The van der Waals surface area contributed by atoms with Crippen molar-refractivity contribution in [1.29, 1.82) is 0 Å². The van der Waals surface area contributed by atoms with Crippen LogP contribution >= 0.6 is 0 Å². The van der Waals surface area contributed by atoms with Crippen molar-refractivity contribution >= 4 is 22.8 Å². The summed E-state index contributed by atoms with van der Waals surface area (Å²) in [6.07, 6.45) is 3.23. The van der Waals surface area contributed by atoms with Crippen LogP contribution in [0, 0.1) is 5.82 Å². The van der Waals surface area contributed by atoms with Crippen LogP contribution in [0.5, 0.6) is 5.75 Å². The molecule has 1 fully saturated rings. The fraction of sp³-hybridized carbons (Fsp3) is 0.357. The van der Waals surface area contributed by atoms with Gasteiger partial charge in [-0.25, -0.2) is 19.0 Å². The summed E-state index contributed by atoms with van der Waals surface area (Å²) in [4.78, 5) is 26.0. The minimum Gasteiger partial charge on any atom is -0.491 e. The van der Waals surface area contributed by atoms with Crippen LogP contribution in [0.1, 0.15) is 35.3 Å². The average molecular weight is 518 g/mol. The molecular formula is C28H32FN7O2. The Labute approximate surface area is 221 Å². The first kappa shape index (κ1) is 25.6. The predicted molar refractivity (Wildman–Crippen MR) is 144 cm³/mol. The van der Waals surface area contributed by atoms with Gasteiger partial charge in [0.2, 0.25) is 0 Å². The molecule has 2 aromatic heterocycles. The predicted octanol–water partition coefficient (Wildman–Crippen LogP) is 3.48. The second-order valence-corrected chi connectivity index (χ2v) is 9.16. The van der Waals surface area contributed by atoms with Crippen molar-refractivity contribution in [1.82, 2.24) is 30.0 Å². The number of benzene rings is 2. The van der Waals surface area contributed by atoms with Crippen LogP contribution in [0.25, 0.3) is 11.0 Å². The van der Waals surface area contributed by atoms with Gasteiger partial charge in [-0.05, 0) is 37.2 Å². The first-order valence-electron chi connectivity index (χ1n) is 13.0. The molecule has 10 heteroatoms. The Morgan fingerprint density at radius 2 is 1.84 bits per heavy atom. The Hall–Kier alpha value is -4.05. The highest BCUT2D eigenvalue weighted by atomic mass is 19.1. The molecule has 0 bridgehead atoms. The van der Waals surface area contributed by atoms with Gasteiger partial charge >= 0.3 is 0 Å². The summed E-state index contributed by atoms with van der Waals surface area (Å²) in [5.41, 5.74) is 2.96. The molecule has 0 aliphatic carbocycles. The monoisotopic (exact) mass is 517 g/mol. The number of hydrogen-bond acceptors (Lipinski definition) is 7. The molecular weight excluding hydrogens is 485 g/mol. The van der Waals surface area contributed by atoms with Gasteiger partial charge < -0.3 is 19.9 Å². The van der Waals surface area contributed by atoms with Crippen LogP contribution in [0.2, 0.25) is 0 Å². The van der Waals surface area contributed by atoms with Gasteiger partial charge in [0, 0.05) is 43.9 Å². The maximum atomic E-state index is 14.9. The molecule has 9 nitrogen and oxygen atoms in total. The topological polar surface area (TPSA) is 88.4 Å². The summed E-state index contributed by atoms with van der Waals surface area (Å²) in [6.45, 7) is 8.68. The van der Waals surface area contributed by atoms with Crippen molar-refractivity contribution in [3.63, 3.8) is 0 Å². The number of amides is 1. The number of fused-ring (bicyclic) bond motifs is 1. The van der Waals surface area contributed by atoms with Crippen molar-refractivity contribution < 1.29 is 13.9 Å². The summed E-state index contributed by atoms with van der Waals surface area (Å²) < 4.78 is 21.9. The van der Waals surface area contributed by atoms with Crippen LogP contribution in [0.3, 0.4) is 0 Å². The van der Waals surface area contributed by atoms with Crippen molar-refractivity contribution in [3.05, 3.63) is 77.5 Å². The summed E-state index contributed by atoms with van der Waals surface area (Å²) in [5, 5.41) is 8.57. The minimum atomic E-state index is -0.389. The molecule has 0 unspecified atom stereocenters. The van der Waals surface area contributed by atoms with E-state index in [4.69, 9.17) is 4.74 Å². The normalized spacial score (nSPS) is 13.8. The van der Waals surface area contributed by atoms with E-state index < -0.39 is 0 Å². The fourth-order valence-electron chi connectivity index (χ4n) is 4.69. The van der Waals surface area contributed by atoms with Gasteiger partial charge in [0.15, 0.2) is 17.2 Å². The fourth-order valence-corrected chi connectivity index (χ4v) is 4.69. The Morgan fingerprint density at radius 1 is 1.05 bits per heavy atom. The van der Waals surface area contributed by atoms with Crippen LogP contribution in [0.15, 0.2) is 55.0 Å². The van der Waals surface area contributed by atoms with E-state index >= 15 is 0 Å². The third kappa shape index (κ3) is 5.31. The molecule has 198 valence electrons. The lowest BCUT2D eigenvalue weighted by Crippen LogP contribution is -2.49. The molecule has 5 rings (SSSR count). The molecule has 0 saturated carbocycles. The van der Waals surface area contributed by atoms with E-state index in [9.17, 15) is 9.18 Å². The first-order chi connectivity index (χ1) is 18.6. The average Bonchev–Trinajstić information content (AvgIpc) is 3.37. The molecule has 1 amide bonds. The van der Waals surface area contributed by atoms with Crippen LogP contribution in [-0.4, -0.2) is 69.9 Å². The number of piperazine rings is 1. The molecule has 1 N–H and O–H groups in total. The van der Waals surface area contributed by atoms with E-state index in [1.807, 2.05) is 36.1 Å². The van der Waals surface area contributed by atoms with Gasteiger partial charge in [0.05, 0.1) is 24.7 Å². The summed E-state index contributed by atoms with van der Waals surface area (Å²) >= 11 is 0. The SMILES string of the molecule is CCNCc1ccc(C(=O)N2CCN(c3ncnc4c3cnn4Cc3cccc(OCC)c3F)CC2)cc1. The minimum absolute atomic E-state index is 0.0385. The summed E-state index contributed by atoms with van der Waals surface area (Å²) in [5.74, 6) is 0.648. The molecule has 38 heavy (non-hydrogen) atoms. The lowest BCUT2D eigenvalue weighted by molar-refractivity contribution is 0.0746. The Bertz CT molecular complexity index is 1400. The molecule has 1 aliphatic rings. The van der Waals surface area contributed by atoms with E-state index in [-0.39, 0.29) is 24.0 Å². The molecule has 0 atom stereocenters. The number of ether oxygens (including phenoxy) is 1. The van der Waals surface area contributed by atoms with Gasteiger partial charge in [-0.15, -0.1) is 0 Å². The first-order valence-corrected chi connectivity index (χ1v) is 13.0. The third-order valence-corrected chi connectivity index (χ3v) is 6.72. The highest BCUT2D eigenvalue weighted by Gasteiger charge is 2.25. The number of halogens is 1. The number of nitrogens with zero attached hydrogens (tertiary/aromatic N) is 6. The quantitative estimate of drug-likeness (QED) is 0.364. The second-order valence-electron chi connectivity index (χ2n) is 9.16. The largest absolute Gasteiger partial charge is 0.491 e. The lowest BCUT2D eigenvalue weighted by atomic mass is 10.1. The number of carbonyl (C=O) groups is 1. The number of carbonyl (C=O) groups excluding carboxylic acids is 1. The van der Waals surface area contributed by atoms with E-state index in [2.05, 4.69) is 32.2 Å². The van der Waals surface area contributed by atoms with Crippen LogP contribution in [-0.2, 0) is 13.1 Å². The summed E-state index contributed by atoms with van der Waals surface area (Å²) in [6, 6.07) is 12.9. The highest BCUT2D eigenvalue weighted by molar-refractivity contribution is 5.94. The maximum Gasteiger partial charge on any atom is 0.253 e. The molecule has 3 heterocycles. The maximum absolute atomic E-state index is 14.9. The smallest absolute Gasteiger partial charge is 0.253 e. The van der Waals surface area contributed by atoms with E-state index in [1.54, 1.807) is 29.1 Å². The van der Waals surface area contributed by atoms with Crippen molar-refractivity contribution in [2.45, 2.75) is 26.9 Å². The number of aromatic nitrogens is 4. The Balaban J connectivity index is 1.27. The molecule has 0 spiro atoms. The van der Waals surface area contributed by atoms with Gasteiger partial charge in [0.25, 0.3) is 5.91 Å². The number of rotatable bonds is 9. The summed E-state index contributed by atoms with van der Waals surface area (Å²) in [7, 11) is 0. The molecule has 1 aliphatic heterocycles. The van der Waals surface area contributed by atoms with E-state index in [0.29, 0.717) is 49.6 Å². The zero-order valence-corrected chi connectivity index (χ0v) is 21.7. The lowest BCUT2D eigenvalue weighted by Gasteiger charge is -2.35. The molecule has 2 aromatic carbocycles. The van der Waals surface area contributed by atoms with E-state index in [0.717, 1.165) is 29.9 Å². The Morgan fingerprint density at radius 3 is 2.58 bits per heavy atom. The molecule has 4 aromatic rings. The van der Waals surface area contributed by atoms with Crippen molar-refractivity contribution in [2.75, 3.05) is 44.2 Å². The van der Waals surface area contributed by atoms with E-state index in [1.165, 1.54) is 6.33 Å². The number of anilines is 1.